The van der Waals surface area contributed by atoms with Crippen molar-refractivity contribution in [2.45, 2.75) is 39.4 Å². The van der Waals surface area contributed by atoms with Gasteiger partial charge in [-0.25, -0.2) is 4.98 Å². The Morgan fingerprint density at radius 2 is 1.85 bits per heavy atom. The molecule has 1 N–H and O–H groups in total. The molecule has 1 atom stereocenters. The van der Waals surface area contributed by atoms with Crippen LogP contribution in [0, 0.1) is 12.8 Å². The van der Waals surface area contributed by atoms with Gasteiger partial charge >= 0.3 is 0 Å². The summed E-state index contributed by atoms with van der Waals surface area (Å²) in [5.74, 6) is 1.21. The lowest BCUT2D eigenvalue weighted by molar-refractivity contribution is -0.126. The molecule has 1 aromatic heterocycles. The summed E-state index contributed by atoms with van der Waals surface area (Å²) in [6.07, 6.45) is 5.84. The average Bonchev–Trinajstić information content (AvgIpc) is 3.27. The smallest absolute Gasteiger partial charge is 0.224 e. The van der Waals surface area contributed by atoms with Crippen molar-refractivity contribution >= 4 is 16.7 Å². The molecule has 1 aliphatic rings. The Labute approximate surface area is 201 Å². The number of hydrogen-bond acceptors (Lipinski definition) is 3. The molecule has 5 nitrogen and oxygen atoms in total. The van der Waals surface area contributed by atoms with Crippen molar-refractivity contribution < 1.29 is 4.79 Å². The van der Waals surface area contributed by atoms with Crippen LogP contribution in [0.1, 0.15) is 35.4 Å². The predicted octanol–water partition coefficient (Wildman–Crippen LogP) is 4.92. The number of hydrogen-bond donors (Lipinski definition) is 1. The van der Waals surface area contributed by atoms with Gasteiger partial charge in [0.05, 0.1) is 5.92 Å². The van der Waals surface area contributed by atoms with Crippen molar-refractivity contribution in [1.29, 1.82) is 0 Å². The van der Waals surface area contributed by atoms with Crippen LogP contribution in [-0.4, -0.2) is 33.4 Å². The van der Waals surface area contributed by atoms with Crippen LogP contribution in [0.3, 0.4) is 0 Å². The Bertz CT molecular complexity index is 1270. The summed E-state index contributed by atoms with van der Waals surface area (Å²) in [4.78, 5) is 19.7. The number of aromatic nitrogens is 2. The van der Waals surface area contributed by atoms with E-state index in [4.69, 9.17) is 0 Å². The Hall–Kier alpha value is -3.44. The third-order valence-corrected chi connectivity index (χ3v) is 6.88. The third-order valence-electron chi connectivity index (χ3n) is 6.88. The van der Waals surface area contributed by atoms with E-state index < -0.39 is 0 Å². The van der Waals surface area contributed by atoms with E-state index in [2.05, 4.69) is 86.5 Å². The molecule has 174 valence electrons. The van der Waals surface area contributed by atoms with E-state index in [1.807, 2.05) is 19.3 Å². The zero-order valence-electron chi connectivity index (χ0n) is 19.8. The molecule has 0 spiro atoms. The quantitative estimate of drug-likeness (QED) is 0.433. The van der Waals surface area contributed by atoms with Crippen molar-refractivity contribution in [3.8, 4) is 0 Å². The normalized spacial score (nSPS) is 16.6. The van der Waals surface area contributed by atoms with Gasteiger partial charge in [-0.3, -0.25) is 9.69 Å². The monoisotopic (exact) mass is 452 g/mol. The van der Waals surface area contributed by atoms with E-state index in [0.717, 1.165) is 50.4 Å². The fourth-order valence-electron chi connectivity index (χ4n) is 5.02. The highest BCUT2D eigenvalue weighted by molar-refractivity contribution is 5.85. The van der Waals surface area contributed by atoms with Crippen molar-refractivity contribution in [3.63, 3.8) is 0 Å². The number of benzene rings is 3. The van der Waals surface area contributed by atoms with Crippen molar-refractivity contribution in [2.75, 3.05) is 13.1 Å². The molecule has 5 heteroatoms. The van der Waals surface area contributed by atoms with Crippen molar-refractivity contribution in [1.82, 2.24) is 19.8 Å². The first-order valence-electron chi connectivity index (χ1n) is 12.2. The summed E-state index contributed by atoms with van der Waals surface area (Å²) < 4.78 is 2.13. The Morgan fingerprint density at radius 3 is 2.74 bits per heavy atom. The van der Waals surface area contributed by atoms with E-state index in [1.54, 1.807) is 0 Å². The van der Waals surface area contributed by atoms with Gasteiger partial charge in [-0.15, -0.1) is 0 Å². The maximum atomic E-state index is 13.0. The lowest BCUT2D eigenvalue weighted by Gasteiger charge is -2.32. The van der Waals surface area contributed by atoms with Gasteiger partial charge in [-0.05, 0) is 53.8 Å². The largest absolute Gasteiger partial charge is 0.352 e. The molecule has 1 aliphatic heterocycles. The molecule has 2 heterocycles. The second kappa shape index (κ2) is 10.2. The fourth-order valence-corrected chi connectivity index (χ4v) is 5.02. The van der Waals surface area contributed by atoms with Crippen molar-refractivity contribution in [3.05, 3.63) is 102 Å². The summed E-state index contributed by atoms with van der Waals surface area (Å²) >= 11 is 0. The molecular weight excluding hydrogens is 420 g/mol. The van der Waals surface area contributed by atoms with E-state index in [0.29, 0.717) is 6.54 Å². The van der Waals surface area contributed by atoms with E-state index in [-0.39, 0.29) is 11.8 Å². The second-order valence-electron chi connectivity index (χ2n) is 9.35. The number of likely N-dealkylation sites (tertiary alicyclic amines) is 1. The van der Waals surface area contributed by atoms with Gasteiger partial charge in [0.25, 0.3) is 0 Å². The van der Waals surface area contributed by atoms with Gasteiger partial charge < -0.3 is 9.88 Å². The minimum absolute atomic E-state index is 0.0421. The van der Waals surface area contributed by atoms with E-state index >= 15 is 0 Å². The predicted molar refractivity (Wildman–Crippen MR) is 136 cm³/mol. The molecule has 1 amide bonds. The van der Waals surface area contributed by atoms with E-state index in [1.165, 1.54) is 21.9 Å². The molecular formula is C29H32N4O. The minimum atomic E-state index is 0.0421. The molecule has 1 unspecified atom stereocenters. The summed E-state index contributed by atoms with van der Waals surface area (Å²) in [7, 11) is 0. The summed E-state index contributed by atoms with van der Waals surface area (Å²) in [6.45, 7) is 6.12. The lowest BCUT2D eigenvalue weighted by Crippen LogP contribution is -2.42. The highest BCUT2D eigenvalue weighted by Crippen LogP contribution is 2.23. The summed E-state index contributed by atoms with van der Waals surface area (Å²) in [6, 6.07) is 23.5. The summed E-state index contributed by atoms with van der Waals surface area (Å²) in [5, 5.41) is 5.78. The number of amides is 1. The number of imidazole rings is 1. The van der Waals surface area contributed by atoms with Gasteiger partial charge in [0, 0.05) is 38.6 Å². The van der Waals surface area contributed by atoms with Gasteiger partial charge in [-0.1, -0.05) is 66.7 Å². The average molecular weight is 453 g/mol. The van der Waals surface area contributed by atoms with Crippen LogP contribution >= 0.6 is 0 Å². The van der Waals surface area contributed by atoms with Gasteiger partial charge in [-0.2, -0.15) is 0 Å². The Balaban J connectivity index is 1.18. The number of nitrogens with zero attached hydrogens (tertiary/aromatic N) is 3. The molecule has 0 saturated carbocycles. The minimum Gasteiger partial charge on any atom is -0.352 e. The molecule has 3 aromatic carbocycles. The van der Waals surface area contributed by atoms with Gasteiger partial charge in [0.1, 0.15) is 5.82 Å². The van der Waals surface area contributed by atoms with Gasteiger partial charge in [0.2, 0.25) is 5.91 Å². The molecule has 0 aliphatic carbocycles. The van der Waals surface area contributed by atoms with Crippen LogP contribution in [-0.2, 0) is 24.4 Å². The maximum absolute atomic E-state index is 13.0. The number of carbonyl (C=O) groups is 1. The number of carbonyl (C=O) groups excluding carboxylic acids is 1. The Morgan fingerprint density at radius 1 is 1.03 bits per heavy atom. The topological polar surface area (TPSA) is 50.2 Å². The van der Waals surface area contributed by atoms with Crippen LogP contribution in [0.15, 0.2) is 79.1 Å². The first kappa shape index (κ1) is 22.4. The number of fused-ring (bicyclic) bond motifs is 1. The zero-order valence-corrected chi connectivity index (χ0v) is 19.8. The molecule has 1 saturated heterocycles. The first-order chi connectivity index (χ1) is 16.7. The standard InChI is InChI=1S/C29H32N4O/c1-22-30-14-16-33(22)19-24-8-4-7-23(17-24)18-31-29(34)27-12-6-15-32(21-27)20-26-11-5-10-25-9-2-3-13-28(25)26/h2-5,7-11,13-14,16-17,27H,6,12,15,18-21H2,1H3,(H,31,34). The first-order valence-corrected chi connectivity index (χ1v) is 12.2. The zero-order chi connectivity index (χ0) is 23.3. The maximum Gasteiger partial charge on any atom is 0.224 e. The molecule has 34 heavy (non-hydrogen) atoms. The highest BCUT2D eigenvalue weighted by atomic mass is 16.1. The molecule has 4 aromatic rings. The fraction of sp³-hybridized carbons (Fsp3) is 0.310. The number of rotatable bonds is 7. The molecule has 1 fully saturated rings. The van der Waals surface area contributed by atoms with Crippen LogP contribution in [0.4, 0.5) is 0 Å². The number of piperidine rings is 1. The van der Waals surface area contributed by atoms with Crippen LogP contribution in [0.5, 0.6) is 0 Å². The molecule has 0 radical (unpaired) electrons. The second-order valence-corrected chi connectivity index (χ2v) is 9.35. The van der Waals surface area contributed by atoms with Crippen LogP contribution in [0.25, 0.3) is 10.8 Å². The molecule has 5 rings (SSSR count). The van der Waals surface area contributed by atoms with Crippen molar-refractivity contribution in [2.24, 2.45) is 5.92 Å². The SMILES string of the molecule is Cc1nccn1Cc1cccc(CNC(=O)C2CCCN(Cc3cccc4ccccc34)C2)c1. The van der Waals surface area contributed by atoms with E-state index in [9.17, 15) is 4.79 Å². The van der Waals surface area contributed by atoms with Crippen LogP contribution in [0.2, 0.25) is 0 Å². The lowest BCUT2D eigenvalue weighted by atomic mass is 9.96. The number of nitrogens with one attached hydrogen (secondary N) is 1. The highest BCUT2D eigenvalue weighted by Gasteiger charge is 2.26. The Kier molecular flexibility index (Phi) is 6.72. The van der Waals surface area contributed by atoms with Crippen LogP contribution < -0.4 is 5.32 Å². The third kappa shape index (κ3) is 5.20. The van der Waals surface area contributed by atoms with Gasteiger partial charge in [0.15, 0.2) is 0 Å². The number of aryl methyl sites for hydroxylation is 1. The summed E-state index contributed by atoms with van der Waals surface area (Å²) in [5.41, 5.74) is 3.68. The molecule has 0 bridgehead atoms.